The van der Waals surface area contributed by atoms with Crippen LogP contribution >= 0.6 is 0 Å². The highest BCUT2D eigenvalue weighted by molar-refractivity contribution is 5.52. The Balaban J connectivity index is 1.15. The van der Waals surface area contributed by atoms with Crippen LogP contribution in [0.5, 0.6) is 28.7 Å². The standard InChI is InChI=1S/C33H44O20/c1-10-21(39)23(41)26(44)32(48-10)53-30-19(8-34)51-31(28(46)25(30)43)47-9-20-22(40)24(42)27(45)33(52-20)50-18-7-13-15(37)5-12(35)6-17(13)49-29(18)11-2-3-14(36)16(38)4-11/h2-6,10,18-46H,7-9H2,1H3/t10-,18?,19+,20+,21-,22+,23+,24-,25+,26+,27+,28+,29?,30+,31+,32-,33+/m0/s1. The summed E-state index contributed by atoms with van der Waals surface area (Å²) in [4.78, 5) is 0. The molecule has 0 bridgehead atoms. The summed E-state index contributed by atoms with van der Waals surface area (Å²) < 4.78 is 40.1. The van der Waals surface area contributed by atoms with E-state index in [1.54, 1.807) is 0 Å². The predicted molar refractivity (Wildman–Crippen MR) is 169 cm³/mol. The van der Waals surface area contributed by atoms with Crippen LogP contribution in [0.1, 0.15) is 24.2 Å². The van der Waals surface area contributed by atoms with Gasteiger partial charge in [0.25, 0.3) is 0 Å². The number of aliphatic hydroxyl groups is 9. The van der Waals surface area contributed by atoms with Gasteiger partial charge in [0.2, 0.25) is 0 Å². The molecule has 296 valence electrons. The molecule has 0 aromatic heterocycles. The molecule has 4 heterocycles. The van der Waals surface area contributed by atoms with Crippen LogP contribution in [0, 0.1) is 0 Å². The second-order valence-corrected chi connectivity index (χ2v) is 13.4. The summed E-state index contributed by atoms with van der Waals surface area (Å²) in [6.45, 7) is -0.0598. The van der Waals surface area contributed by atoms with Crippen LogP contribution in [0.25, 0.3) is 0 Å². The molecule has 0 aliphatic carbocycles. The molecular weight excluding hydrogens is 716 g/mol. The summed E-state index contributed by atoms with van der Waals surface area (Å²) in [5, 5.41) is 135. The van der Waals surface area contributed by atoms with E-state index in [-0.39, 0.29) is 34.8 Å². The van der Waals surface area contributed by atoms with E-state index < -0.39 is 129 Å². The van der Waals surface area contributed by atoms with E-state index in [0.29, 0.717) is 0 Å². The molecule has 20 heteroatoms. The first kappa shape index (κ1) is 39.5. The third-order valence-corrected chi connectivity index (χ3v) is 9.82. The van der Waals surface area contributed by atoms with Gasteiger partial charge in [0.05, 0.1) is 19.3 Å². The zero-order valence-corrected chi connectivity index (χ0v) is 28.0. The van der Waals surface area contributed by atoms with Gasteiger partial charge in [-0.3, -0.25) is 0 Å². The van der Waals surface area contributed by atoms with Crippen molar-refractivity contribution in [1.82, 2.24) is 0 Å². The van der Waals surface area contributed by atoms with E-state index >= 15 is 0 Å². The third-order valence-electron chi connectivity index (χ3n) is 9.82. The van der Waals surface area contributed by atoms with Crippen molar-refractivity contribution in [3.63, 3.8) is 0 Å². The number of rotatable bonds is 9. The van der Waals surface area contributed by atoms with E-state index in [1.165, 1.54) is 31.2 Å². The number of aliphatic hydroxyl groups excluding tert-OH is 9. The Labute approximate surface area is 300 Å². The van der Waals surface area contributed by atoms with E-state index in [0.717, 1.165) is 6.07 Å². The summed E-state index contributed by atoms with van der Waals surface area (Å²) in [5.74, 6) is -1.50. The molecule has 3 fully saturated rings. The van der Waals surface area contributed by atoms with Crippen LogP contribution in [0.15, 0.2) is 30.3 Å². The Morgan fingerprint density at radius 2 is 1.28 bits per heavy atom. The first-order chi connectivity index (χ1) is 25.1. The SMILES string of the molecule is C[C@@H]1O[C@@H](O[C@H]2[C@H](O)[C@@H](O)[C@H](OC[C@H]3O[C@@H](OC4Cc5c(O)cc(O)cc5OC4c4ccc(O)c(O)c4)[C@H](O)[C@@H](O)[C@@H]3O)O[C@@H]2CO)[C@H](O)[C@H](O)[C@H]1O. The molecule has 2 aromatic carbocycles. The van der Waals surface area contributed by atoms with E-state index in [4.69, 9.17) is 33.2 Å². The van der Waals surface area contributed by atoms with Crippen molar-refractivity contribution in [1.29, 1.82) is 0 Å². The average Bonchev–Trinajstić information content (AvgIpc) is 3.12. The van der Waals surface area contributed by atoms with Crippen molar-refractivity contribution in [3.8, 4) is 28.7 Å². The molecule has 0 radical (unpaired) electrons. The van der Waals surface area contributed by atoms with Crippen LogP contribution in [0.4, 0.5) is 0 Å². The van der Waals surface area contributed by atoms with Gasteiger partial charge in [-0.25, -0.2) is 0 Å². The second kappa shape index (κ2) is 15.9. The zero-order valence-electron chi connectivity index (χ0n) is 28.0. The van der Waals surface area contributed by atoms with Crippen molar-refractivity contribution in [2.75, 3.05) is 13.2 Å². The fourth-order valence-electron chi connectivity index (χ4n) is 6.74. The molecular formula is C33H44O20. The van der Waals surface area contributed by atoms with Crippen LogP contribution in [-0.4, -0.2) is 178 Å². The monoisotopic (exact) mass is 760 g/mol. The third kappa shape index (κ3) is 7.85. The fourth-order valence-corrected chi connectivity index (χ4v) is 6.74. The fraction of sp³-hybridized carbons (Fsp3) is 0.636. The van der Waals surface area contributed by atoms with E-state index in [9.17, 15) is 66.4 Å². The highest BCUT2D eigenvalue weighted by Crippen LogP contribution is 2.44. The molecule has 4 aliphatic rings. The van der Waals surface area contributed by atoms with E-state index in [2.05, 4.69) is 0 Å². The quantitative estimate of drug-likeness (QED) is 0.108. The number of hydrogen-bond donors (Lipinski definition) is 13. The summed E-state index contributed by atoms with van der Waals surface area (Å²) in [6.07, 6.45) is -26.9. The summed E-state index contributed by atoms with van der Waals surface area (Å²) in [7, 11) is 0. The topological polar surface area (TPSA) is 328 Å². The van der Waals surface area contributed by atoms with Gasteiger partial charge >= 0.3 is 0 Å². The molecule has 2 unspecified atom stereocenters. The molecule has 0 spiro atoms. The van der Waals surface area contributed by atoms with Crippen molar-refractivity contribution in [2.24, 2.45) is 0 Å². The minimum Gasteiger partial charge on any atom is -0.508 e. The van der Waals surface area contributed by atoms with Crippen LogP contribution in [-0.2, 0) is 34.8 Å². The van der Waals surface area contributed by atoms with E-state index in [1.807, 2.05) is 0 Å². The lowest BCUT2D eigenvalue weighted by Gasteiger charge is -2.46. The average molecular weight is 761 g/mol. The Hall–Kier alpha value is -3.16. The molecule has 3 saturated heterocycles. The van der Waals surface area contributed by atoms with Gasteiger partial charge in [0.15, 0.2) is 36.5 Å². The molecule has 2 aromatic rings. The van der Waals surface area contributed by atoms with Crippen molar-refractivity contribution in [3.05, 3.63) is 41.5 Å². The molecule has 20 nitrogen and oxygen atoms in total. The van der Waals surface area contributed by atoms with Gasteiger partial charge in [0.1, 0.15) is 90.5 Å². The predicted octanol–water partition coefficient (Wildman–Crippen LogP) is -3.95. The lowest BCUT2D eigenvalue weighted by molar-refractivity contribution is -0.363. The van der Waals surface area contributed by atoms with Crippen molar-refractivity contribution in [2.45, 2.75) is 118 Å². The lowest BCUT2D eigenvalue weighted by Crippen LogP contribution is -2.64. The summed E-state index contributed by atoms with van der Waals surface area (Å²) in [6, 6.07) is 6.11. The van der Waals surface area contributed by atoms with Crippen molar-refractivity contribution >= 4 is 0 Å². The Kier molecular flexibility index (Phi) is 11.9. The maximum atomic E-state index is 10.9. The van der Waals surface area contributed by atoms with Gasteiger partial charge in [-0.1, -0.05) is 6.07 Å². The zero-order chi connectivity index (χ0) is 38.5. The minimum absolute atomic E-state index is 0.0715. The number of fused-ring (bicyclic) bond motifs is 1. The van der Waals surface area contributed by atoms with Gasteiger partial charge in [0, 0.05) is 24.1 Å². The Bertz CT molecular complexity index is 1560. The Morgan fingerprint density at radius 3 is 1.96 bits per heavy atom. The maximum absolute atomic E-state index is 10.9. The number of ether oxygens (including phenoxy) is 7. The minimum atomic E-state index is -1.88. The molecule has 6 rings (SSSR count). The molecule has 17 atom stereocenters. The van der Waals surface area contributed by atoms with Gasteiger partial charge in [-0.15, -0.1) is 0 Å². The van der Waals surface area contributed by atoms with Crippen molar-refractivity contribution < 1.29 is 99.5 Å². The summed E-state index contributed by atoms with van der Waals surface area (Å²) in [5.41, 5.74) is 0.466. The number of hydrogen-bond acceptors (Lipinski definition) is 20. The molecule has 13 N–H and O–H groups in total. The molecule has 4 aliphatic heterocycles. The first-order valence-electron chi connectivity index (χ1n) is 16.8. The van der Waals surface area contributed by atoms with Gasteiger partial charge in [-0.05, 0) is 24.6 Å². The highest BCUT2D eigenvalue weighted by atomic mass is 16.8. The summed E-state index contributed by atoms with van der Waals surface area (Å²) >= 11 is 0. The first-order valence-corrected chi connectivity index (χ1v) is 16.8. The highest BCUT2D eigenvalue weighted by Gasteiger charge is 2.52. The smallest absolute Gasteiger partial charge is 0.187 e. The van der Waals surface area contributed by atoms with Crippen LogP contribution < -0.4 is 4.74 Å². The largest absolute Gasteiger partial charge is 0.508 e. The van der Waals surface area contributed by atoms with Gasteiger partial charge < -0.3 is 99.5 Å². The maximum Gasteiger partial charge on any atom is 0.187 e. The number of phenols is 4. The molecule has 0 amide bonds. The molecule has 0 saturated carbocycles. The normalized spacial score (nSPS) is 41.7. The second-order valence-electron chi connectivity index (χ2n) is 13.4. The van der Waals surface area contributed by atoms with Crippen LogP contribution in [0.2, 0.25) is 0 Å². The number of benzene rings is 2. The van der Waals surface area contributed by atoms with Gasteiger partial charge in [-0.2, -0.15) is 0 Å². The number of aromatic hydroxyl groups is 4. The molecule has 53 heavy (non-hydrogen) atoms. The number of phenolic OH excluding ortho intramolecular Hbond substituents is 4. The van der Waals surface area contributed by atoms with Crippen LogP contribution in [0.3, 0.4) is 0 Å². The lowest BCUT2D eigenvalue weighted by atomic mass is 9.93. The Morgan fingerprint density at radius 1 is 0.642 bits per heavy atom.